The first kappa shape index (κ1) is 16.1. The molecule has 0 fully saturated rings. The number of aliphatic carboxylic acids is 1. The lowest BCUT2D eigenvalue weighted by Crippen LogP contribution is -2.48. The summed E-state index contributed by atoms with van der Waals surface area (Å²) >= 11 is 1.78. The van der Waals surface area contributed by atoms with Gasteiger partial charge >= 0.3 is 5.97 Å². The van der Waals surface area contributed by atoms with Crippen molar-refractivity contribution in [3.63, 3.8) is 0 Å². The van der Waals surface area contributed by atoms with E-state index in [9.17, 15) is 9.90 Å². The van der Waals surface area contributed by atoms with Gasteiger partial charge in [-0.2, -0.15) is 11.8 Å². The van der Waals surface area contributed by atoms with Crippen molar-refractivity contribution in [1.82, 2.24) is 5.32 Å². The third-order valence-electron chi connectivity index (χ3n) is 3.07. The SMILES string of the molecule is CNC(CCSC(C)(C)C)(C(=O)O)c1ccccc1. The van der Waals surface area contributed by atoms with Crippen LogP contribution in [0.3, 0.4) is 0 Å². The largest absolute Gasteiger partial charge is 0.480 e. The summed E-state index contributed by atoms with van der Waals surface area (Å²) in [7, 11) is 1.71. The van der Waals surface area contributed by atoms with Crippen LogP contribution in [-0.2, 0) is 10.3 Å². The van der Waals surface area contributed by atoms with E-state index in [2.05, 4.69) is 26.1 Å². The Morgan fingerprint density at radius 1 is 1.26 bits per heavy atom. The van der Waals surface area contributed by atoms with Gasteiger partial charge < -0.3 is 10.4 Å². The summed E-state index contributed by atoms with van der Waals surface area (Å²) in [5.74, 6) is -0.0263. The minimum Gasteiger partial charge on any atom is -0.480 e. The molecule has 0 radical (unpaired) electrons. The molecule has 1 unspecified atom stereocenters. The van der Waals surface area contributed by atoms with Crippen LogP contribution in [-0.4, -0.2) is 28.6 Å². The van der Waals surface area contributed by atoms with Crippen LogP contribution in [0.5, 0.6) is 0 Å². The maximum Gasteiger partial charge on any atom is 0.328 e. The first-order valence-electron chi connectivity index (χ1n) is 6.43. The van der Waals surface area contributed by atoms with Crippen molar-refractivity contribution in [3.05, 3.63) is 35.9 Å². The molecule has 2 N–H and O–H groups in total. The third-order valence-corrected chi connectivity index (χ3v) is 4.34. The Kier molecular flexibility index (Phi) is 5.44. The molecule has 1 atom stereocenters. The van der Waals surface area contributed by atoms with Crippen molar-refractivity contribution in [1.29, 1.82) is 0 Å². The topological polar surface area (TPSA) is 49.3 Å². The van der Waals surface area contributed by atoms with E-state index in [1.54, 1.807) is 18.8 Å². The van der Waals surface area contributed by atoms with Gasteiger partial charge in [0.15, 0.2) is 0 Å². The normalized spacial score (nSPS) is 14.9. The zero-order valence-corrected chi connectivity index (χ0v) is 12.9. The fourth-order valence-corrected chi connectivity index (χ4v) is 3.00. The number of hydrogen-bond donors (Lipinski definition) is 2. The molecule has 19 heavy (non-hydrogen) atoms. The average molecular weight is 281 g/mol. The van der Waals surface area contributed by atoms with Crippen molar-refractivity contribution >= 4 is 17.7 Å². The minimum absolute atomic E-state index is 0.147. The Morgan fingerprint density at radius 2 is 1.84 bits per heavy atom. The quantitative estimate of drug-likeness (QED) is 0.841. The van der Waals surface area contributed by atoms with Gasteiger partial charge in [-0.3, -0.25) is 0 Å². The molecule has 1 aromatic carbocycles. The monoisotopic (exact) mass is 281 g/mol. The van der Waals surface area contributed by atoms with Gasteiger partial charge in [0, 0.05) is 4.75 Å². The number of likely N-dealkylation sites (N-methyl/N-ethyl adjacent to an activating group) is 1. The number of carboxylic acid groups (broad SMARTS) is 1. The van der Waals surface area contributed by atoms with Crippen LogP contribution in [0.15, 0.2) is 30.3 Å². The smallest absolute Gasteiger partial charge is 0.328 e. The Labute approximate surface area is 119 Å². The van der Waals surface area contributed by atoms with Gasteiger partial charge in [-0.25, -0.2) is 4.79 Å². The van der Waals surface area contributed by atoms with Crippen LogP contribution in [0.4, 0.5) is 0 Å². The summed E-state index contributed by atoms with van der Waals surface area (Å²) in [6, 6.07) is 9.39. The molecule has 0 aliphatic heterocycles. The molecule has 0 aliphatic rings. The standard InChI is InChI=1S/C15H23NO2S/c1-14(2,3)19-11-10-15(16-4,13(17)18)12-8-6-5-7-9-12/h5-9,16H,10-11H2,1-4H3,(H,17,18). The van der Waals surface area contributed by atoms with Crippen LogP contribution in [0, 0.1) is 0 Å². The number of rotatable bonds is 6. The highest BCUT2D eigenvalue weighted by atomic mass is 32.2. The summed E-state index contributed by atoms with van der Waals surface area (Å²) in [4.78, 5) is 11.7. The molecule has 0 spiro atoms. The van der Waals surface area contributed by atoms with Gasteiger partial charge in [0.25, 0.3) is 0 Å². The molecule has 0 heterocycles. The van der Waals surface area contributed by atoms with Crippen molar-refractivity contribution in [2.24, 2.45) is 0 Å². The Bertz CT molecular complexity index is 414. The molecule has 0 saturated carbocycles. The van der Waals surface area contributed by atoms with Crippen LogP contribution >= 0.6 is 11.8 Å². The molecule has 4 heteroatoms. The van der Waals surface area contributed by atoms with E-state index in [-0.39, 0.29) is 4.75 Å². The van der Waals surface area contributed by atoms with Gasteiger partial charge in [-0.15, -0.1) is 0 Å². The van der Waals surface area contributed by atoms with E-state index in [1.807, 2.05) is 30.3 Å². The van der Waals surface area contributed by atoms with Crippen molar-refractivity contribution in [3.8, 4) is 0 Å². The van der Waals surface area contributed by atoms with E-state index in [1.165, 1.54) is 0 Å². The fourth-order valence-electron chi connectivity index (χ4n) is 1.98. The molecule has 106 valence electrons. The van der Waals surface area contributed by atoms with Crippen molar-refractivity contribution in [2.45, 2.75) is 37.5 Å². The highest BCUT2D eigenvalue weighted by Gasteiger charge is 2.38. The number of nitrogens with one attached hydrogen (secondary N) is 1. The maximum atomic E-state index is 11.7. The van der Waals surface area contributed by atoms with E-state index >= 15 is 0 Å². The predicted molar refractivity (Wildman–Crippen MR) is 81.6 cm³/mol. The second-order valence-corrected chi connectivity index (χ2v) is 7.46. The molecule has 0 aromatic heterocycles. The molecule has 0 bridgehead atoms. The first-order valence-corrected chi connectivity index (χ1v) is 7.42. The maximum absolute atomic E-state index is 11.7. The zero-order chi connectivity index (χ0) is 14.5. The summed E-state index contributed by atoms with van der Waals surface area (Å²) in [5, 5.41) is 12.6. The zero-order valence-electron chi connectivity index (χ0n) is 12.1. The predicted octanol–water partition coefficient (Wildman–Crippen LogP) is 3.11. The molecule has 1 rings (SSSR count). The molecule has 3 nitrogen and oxygen atoms in total. The lowest BCUT2D eigenvalue weighted by Gasteiger charge is -2.30. The Morgan fingerprint density at radius 3 is 2.26 bits per heavy atom. The van der Waals surface area contributed by atoms with Crippen molar-refractivity contribution < 1.29 is 9.90 Å². The average Bonchev–Trinajstić information content (AvgIpc) is 2.34. The summed E-state index contributed by atoms with van der Waals surface area (Å²) in [6.45, 7) is 6.42. The van der Waals surface area contributed by atoms with Crippen LogP contribution in [0.1, 0.15) is 32.8 Å². The molecule has 0 amide bonds. The number of hydrogen-bond acceptors (Lipinski definition) is 3. The van der Waals surface area contributed by atoms with Crippen molar-refractivity contribution in [2.75, 3.05) is 12.8 Å². The van der Waals surface area contributed by atoms with Gasteiger partial charge in [0.05, 0.1) is 0 Å². The highest BCUT2D eigenvalue weighted by molar-refractivity contribution is 8.00. The second kappa shape index (κ2) is 6.44. The second-order valence-electron chi connectivity index (χ2n) is 5.54. The van der Waals surface area contributed by atoms with Crippen LogP contribution in [0.2, 0.25) is 0 Å². The summed E-state index contributed by atoms with van der Waals surface area (Å²) in [6.07, 6.45) is 0.560. The first-order chi connectivity index (χ1) is 8.82. The Balaban J connectivity index is 2.92. The molecule has 1 aromatic rings. The van der Waals surface area contributed by atoms with Gasteiger partial charge in [-0.1, -0.05) is 51.1 Å². The Hall–Kier alpha value is -1.00. The van der Waals surface area contributed by atoms with E-state index in [4.69, 9.17) is 0 Å². The highest BCUT2D eigenvalue weighted by Crippen LogP contribution is 2.31. The fraction of sp³-hybridized carbons (Fsp3) is 0.533. The molecular weight excluding hydrogens is 258 g/mol. The van der Waals surface area contributed by atoms with E-state index in [0.29, 0.717) is 6.42 Å². The number of thioether (sulfide) groups is 1. The number of carboxylic acids is 1. The lowest BCUT2D eigenvalue weighted by molar-refractivity contribution is -0.145. The molecular formula is C15H23NO2S. The van der Waals surface area contributed by atoms with Gasteiger partial charge in [0.2, 0.25) is 0 Å². The van der Waals surface area contributed by atoms with Crippen LogP contribution < -0.4 is 5.32 Å². The summed E-state index contributed by atoms with van der Waals surface area (Å²) < 4.78 is 0.147. The summed E-state index contributed by atoms with van der Waals surface area (Å²) in [5.41, 5.74) is -0.195. The van der Waals surface area contributed by atoms with Gasteiger partial charge in [0.1, 0.15) is 5.54 Å². The number of benzene rings is 1. The molecule has 0 saturated heterocycles. The van der Waals surface area contributed by atoms with E-state index < -0.39 is 11.5 Å². The minimum atomic E-state index is -1.00. The number of carbonyl (C=O) groups is 1. The molecule has 0 aliphatic carbocycles. The van der Waals surface area contributed by atoms with Gasteiger partial charge in [-0.05, 0) is 24.8 Å². The third kappa shape index (κ3) is 4.25. The van der Waals surface area contributed by atoms with E-state index in [0.717, 1.165) is 11.3 Å². The lowest BCUT2D eigenvalue weighted by atomic mass is 9.87. The van der Waals surface area contributed by atoms with Crippen LogP contribution in [0.25, 0.3) is 0 Å².